The Hall–Kier alpha value is -2.83. The van der Waals surface area contributed by atoms with Gasteiger partial charge in [0.15, 0.2) is 0 Å². The highest BCUT2D eigenvalue weighted by atomic mass is 16.4. The predicted octanol–water partition coefficient (Wildman–Crippen LogP) is 1.39. The molecule has 0 fully saturated rings. The van der Waals surface area contributed by atoms with Gasteiger partial charge in [-0.05, 0) is 31.2 Å². The number of hydrogen-bond donors (Lipinski definition) is 3. The number of aromatic carboxylic acids is 1. The van der Waals surface area contributed by atoms with Crippen molar-refractivity contribution in [3.05, 3.63) is 47.0 Å². The average molecular weight is 275 g/mol. The summed E-state index contributed by atoms with van der Waals surface area (Å²) in [5.41, 5.74) is 6.25. The average Bonchev–Trinajstić information content (AvgIpc) is 2.85. The molecule has 1 amide bonds. The van der Waals surface area contributed by atoms with Crippen molar-refractivity contribution >= 4 is 17.7 Å². The van der Waals surface area contributed by atoms with Gasteiger partial charge in [-0.3, -0.25) is 4.79 Å². The Labute approximate surface area is 114 Å². The highest BCUT2D eigenvalue weighted by molar-refractivity contribution is 5.97. The summed E-state index contributed by atoms with van der Waals surface area (Å²) in [6.07, 6.45) is 0. The largest absolute Gasteiger partial charge is 0.475 e. The van der Waals surface area contributed by atoms with Crippen molar-refractivity contribution in [2.75, 3.05) is 5.32 Å². The highest BCUT2D eigenvalue weighted by Crippen LogP contribution is 2.15. The number of furan rings is 1. The third-order valence-electron chi connectivity index (χ3n) is 2.60. The second-order valence-corrected chi connectivity index (χ2v) is 4.14. The van der Waals surface area contributed by atoms with Crippen LogP contribution in [-0.4, -0.2) is 22.0 Å². The van der Waals surface area contributed by atoms with Gasteiger partial charge in [0.2, 0.25) is 5.76 Å². The SMILES string of the molecule is Cc1ccc(C(N)=O)c(NCc2ccc(C(=O)O)o2)n1. The number of primary amides is 1. The molecule has 0 aromatic carbocycles. The molecule has 0 aliphatic carbocycles. The molecule has 0 saturated heterocycles. The molecule has 0 aliphatic rings. The molecule has 104 valence electrons. The number of carbonyl (C=O) groups excluding carboxylic acids is 1. The number of anilines is 1. The van der Waals surface area contributed by atoms with Gasteiger partial charge in [0.05, 0.1) is 12.1 Å². The molecule has 2 aromatic heterocycles. The second kappa shape index (κ2) is 5.43. The maximum absolute atomic E-state index is 11.3. The van der Waals surface area contributed by atoms with Crippen molar-refractivity contribution in [2.45, 2.75) is 13.5 Å². The first kappa shape index (κ1) is 13.6. The smallest absolute Gasteiger partial charge is 0.371 e. The Morgan fingerprint density at radius 2 is 2.10 bits per heavy atom. The van der Waals surface area contributed by atoms with Crippen molar-refractivity contribution in [1.82, 2.24) is 4.98 Å². The summed E-state index contributed by atoms with van der Waals surface area (Å²) in [5, 5.41) is 11.7. The topological polar surface area (TPSA) is 118 Å². The number of nitrogens with one attached hydrogen (secondary N) is 1. The molecule has 4 N–H and O–H groups in total. The van der Waals surface area contributed by atoms with E-state index in [-0.39, 0.29) is 17.9 Å². The van der Waals surface area contributed by atoms with Gasteiger partial charge < -0.3 is 20.6 Å². The highest BCUT2D eigenvalue weighted by Gasteiger charge is 2.12. The predicted molar refractivity (Wildman–Crippen MR) is 70.5 cm³/mol. The summed E-state index contributed by atoms with van der Waals surface area (Å²) in [5.74, 6) is -1.12. The number of hydrogen-bond acceptors (Lipinski definition) is 5. The minimum atomic E-state index is -1.14. The van der Waals surface area contributed by atoms with Crippen LogP contribution in [0.3, 0.4) is 0 Å². The summed E-state index contributed by atoms with van der Waals surface area (Å²) in [6.45, 7) is 1.98. The minimum absolute atomic E-state index is 0.144. The number of rotatable bonds is 5. The molecule has 0 spiro atoms. The van der Waals surface area contributed by atoms with Gasteiger partial charge in [-0.1, -0.05) is 0 Å². The molecule has 0 radical (unpaired) electrons. The lowest BCUT2D eigenvalue weighted by Crippen LogP contribution is -2.15. The van der Waals surface area contributed by atoms with Gasteiger partial charge in [0.1, 0.15) is 11.6 Å². The van der Waals surface area contributed by atoms with Gasteiger partial charge in [-0.15, -0.1) is 0 Å². The first-order valence-electron chi connectivity index (χ1n) is 5.80. The maximum Gasteiger partial charge on any atom is 0.371 e. The number of aromatic nitrogens is 1. The lowest BCUT2D eigenvalue weighted by Gasteiger charge is -2.08. The van der Waals surface area contributed by atoms with E-state index in [0.29, 0.717) is 11.6 Å². The number of nitrogens with two attached hydrogens (primary N) is 1. The Bertz CT molecular complexity index is 663. The molecular weight excluding hydrogens is 262 g/mol. The van der Waals surface area contributed by atoms with E-state index >= 15 is 0 Å². The Kier molecular flexibility index (Phi) is 3.69. The normalized spacial score (nSPS) is 10.2. The van der Waals surface area contributed by atoms with Crippen molar-refractivity contribution in [3.63, 3.8) is 0 Å². The zero-order chi connectivity index (χ0) is 14.7. The molecule has 0 bridgehead atoms. The van der Waals surface area contributed by atoms with E-state index in [4.69, 9.17) is 15.3 Å². The van der Waals surface area contributed by atoms with Crippen LogP contribution in [0.2, 0.25) is 0 Å². The monoisotopic (exact) mass is 275 g/mol. The number of pyridine rings is 1. The molecule has 2 heterocycles. The molecule has 2 aromatic rings. The molecule has 7 nitrogen and oxygen atoms in total. The summed E-state index contributed by atoms with van der Waals surface area (Å²) in [4.78, 5) is 26.1. The molecule has 2 rings (SSSR count). The van der Waals surface area contributed by atoms with Crippen LogP contribution < -0.4 is 11.1 Å². The molecule has 7 heteroatoms. The van der Waals surface area contributed by atoms with Crippen LogP contribution in [0.25, 0.3) is 0 Å². The number of aryl methyl sites for hydroxylation is 1. The minimum Gasteiger partial charge on any atom is -0.475 e. The van der Waals surface area contributed by atoms with Crippen molar-refractivity contribution in [1.29, 1.82) is 0 Å². The molecule has 0 aliphatic heterocycles. The number of carboxylic acids is 1. The van der Waals surface area contributed by atoms with E-state index in [0.717, 1.165) is 5.69 Å². The number of carbonyl (C=O) groups is 2. The standard InChI is InChI=1S/C13H13N3O4/c1-7-2-4-9(11(14)17)12(16-7)15-6-8-3-5-10(20-8)13(18)19/h2-5H,6H2,1H3,(H2,14,17)(H,15,16)(H,18,19). The van der Waals surface area contributed by atoms with E-state index in [9.17, 15) is 9.59 Å². The maximum atomic E-state index is 11.3. The van der Waals surface area contributed by atoms with Crippen molar-refractivity contribution in [3.8, 4) is 0 Å². The van der Waals surface area contributed by atoms with Gasteiger partial charge >= 0.3 is 5.97 Å². The van der Waals surface area contributed by atoms with E-state index < -0.39 is 11.9 Å². The van der Waals surface area contributed by atoms with E-state index in [2.05, 4.69) is 10.3 Å². The fourth-order valence-corrected chi connectivity index (χ4v) is 1.65. The lowest BCUT2D eigenvalue weighted by atomic mass is 10.2. The summed E-state index contributed by atoms with van der Waals surface area (Å²) < 4.78 is 5.09. The van der Waals surface area contributed by atoms with Gasteiger partial charge in [-0.25, -0.2) is 9.78 Å². The van der Waals surface area contributed by atoms with Crippen LogP contribution in [0.1, 0.15) is 32.4 Å². The van der Waals surface area contributed by atoms with Crippen molar-refractivity contribution in [2.24, 2.45) is 5.73 Å². The van der Waals surface area contributed by atoms with Crippen LogP contribution in [0.5, 0.6) is 0 Å². The zero-order valence-electron chi connectivity index (χ0n) is 10.7. The van der Waals surface area contributed by atoms with E-state index in [1.807, 2.05) is 0 Å². The second-order valence-electron chi connectivity index (χ2n) is 4.14. The van der Waals surface area contributed by atoms with Crippen LogP contribution in [0, 0.1) is 6.92 Å². The van der Waals surface area contributed by atoms with Gasteiger partial charge in [0.25, 0.3) is 5.91 Å². The van der Waals surface area contributed by atoms with Gasteiger partial charge in [0, 0.05) is 5.69 Å². The number of amides is 1. The molecular formula is C13H13N3O4. The Morgan fingerprint density at radius 3 is 2.70 bits per heavy atom. The van der Waals surface area contributed by atoms with Crippen molar-refractivity contribution < 1.29 is 19.1 Å². The number of nitrogens with zero attached hydrogens (tertiary/aromatic N) is 1. The third-order valence-corrected chi connectivity index (χ3v) is 2.60. The Morgan fingerprint density at radius 1 is 1.35 bits per heavy atom. The fraction of sp³-hybridized carbons (Fsp3) is 0.154. The van der Waals surface area contributed by atoms with E-state index in [1.54, 1.807) is 19.1 Å². The quantitative estimate of drug-likeness (QED) is 0.758. The van der Waals surface area contributed by atoms with Crippen LogP contribution >= 0.6 is 0 Å². The molecule has 0 saturated carbocycles. The first-order chi connectivity index (χ1) is 9.47. The first-order valence-corrected chi connectivity index (χ1v) is 5.80. The van der Waals surface area contributed by atoms with Crippen LogP contribution in [0.15, 0.2) is 28.7 Å². The summed E-state index contributed by atoms with van der Waals surface area (Å²) >= 11 is 0. The van der Waals surface area contributed by atoms with Gasteiger partial charge in [-0.2, -0.15) is 0 Å². The Balaban J connectivity index is 2.15. The van der Waals surface area contributed by atoms with Crippen LogP contribution in [-0.2, 0) is 6.54 Å². The third kappa shape index (κ3) is 2.94. The number of carboxylic acid groups (broad SMARTS) is 1. The molecule has 0 unspecified atom stereocenters. The van der Waals surface area contributed by atoms with E-state index in [1.165, 1.54) is 12.1 Å². The lowest BCUT2D eigenvalue weighted by molar-refractivity contribution is 0.0660. The molecule has 0 atom stereocenters. The zero-order valence-corrected chi connectivity index (χ0v) is 10.7. The fourth-order valence-electron chi connectivity index (χ4n) is 1.65. The summed E-state index contributed by atoms with van der Waals surface area (Å²) in [7, 11) is 0. The summed E-state index contributed by atoms with van der Waals surface area (Å²) in [6, 6.07) is 6.16. The molecule has 20 heavy (non-hydrogen) atoms. The van der Waals surface area contributed by atoms with Crippen LogP contribution in [0.4, 0.5) is 5.82 Å².